The molecule has 0 spiro atoms. The van der Waals surface area contributed by atoms with Gasteiger partial charge in [-0.25, -0.2) is 18.3 Å². The van der Waals surface area contributed by atoms with Crippen LogP contribution in [0.4, 0.5) is 0 Å². The van der Waals surface area contributed by atoms with Crippen LogP contribution in [0.1, 0.15) is 24.0 Å². The van der Waals surface area contributed by atoms with Gasteiger partial charge in [0.2, 0.25) is 9.84 Å². The molecular formula is C15H19N3O4S. The van der Waals surface area contributed by atoms with Gasteiger partial charge in [-0.15, -0.1) is 5.10 Å². The summed E-state index contributed by atoms with van der Waals surface area (Å²) in [6.07, 6.45) is 1.59. The van der Waals surface area contributed by atoms with Crippen molar-refractivity contribution in [3.63, 3.8) is 0 Å². The van der Waals surface area contributed by atoms with Gasteiger partial charge in [0.15, 0.2) is 0 Å². The Kier molecular flexibility index (Phi) is 4.36. The summed E-state index contributed by atoms with van der Waals surface area (Å²) in [5.41, 5.74) is 1.19. The lowest BCUT2D eigenvalue weighted by molar-refractivity contribution is 0.0940. The number of hydrogen-bond acceptors (Lipinski definition) is 5. The normalized spacial score (nSPS) is 18.4. The minimum Gasteiger partial charge on any atom is -0.376 e. The largest absolute Gasteiger partial charge is 0.376 e. The maximum absolute atomic E-state index is 12.6. The molecule has 2 heterocycles. The van der Waals surface area contributed by atoms with Crippen molar-refractivity contribution in [1.29, 1.82) is 0 Å². The Labute approximate surface area is 134 Å². The highest BCUT2D eigenvalue weighted by molar-refractivity contribution is 7.90. The number of aryl methyl sites for hydroxylation is 1. The number of hydrogen-bond donors (Lipinski definition) is 1. The maximum Gasteiger partial charge on any atom is 0.344 e. The predicted molar refractivity (Wildman–Crippen MR) is 83.9 cm³/mol. The monoisotopic (exact) mass is 337 g/mol. The molecule has 23 heavy (non-hydrogen) atoms. The number of ether oxygens (including phenoxy) is 1. The number of sulfone groups is 1. The number of nitrogens with one attached hydrogen (secondary N) is 1. The summed E-state index contributed by atoms with van der Waals surface area (Å²) in [6, 6.07) is 7.24. The van der Waals surface area contributed by atoms with Crippen molar-refractivity contribution in [3.05, 3.63) is 45.9 Å². The molecule has 1 aliphatic rings. The van der Waals surface area contributed by atoms with E-state index in [1.54, 1.807) is 12.1 Å². The van der Waals surface area contributed by atoms with E-state index in [-0.39, 0.29) is 23.6 Å². The van der Waals surface area contributed by atoms with E-state index in [1.807, 2.05) is 19.1 Å². The Bertz CT molecular complexity index is 830. The molecule has 0 radical (unpaired) electrons. The van der Waals surface area contributed by atoms with E-state index in [4.69, 9.17) is 4.74 Å². The average molecular weight is 337 g/mol. The summed E-state index contributed by atoms with van der Waals surface area (Å²) in [6.45, 7) is 2.78. The third-order valence-electron chi connectivity index (χ3n) is 3.89. The zero-order chi connectivity index (χ0) is 16.4. The molecule has 1 saturated heterocycles. The van der Waals surface area contributed by atoms with Crippen molar-refractivity contribution in [2.75, 3.05) is 6.61 Å². The topological polar surface area (TPSA) is 94.0 Å². The molecule has 1 atom stereocenters. The van der Waals surface area contributed by atoms with Gasteiger partial charge in [-0.3, -0.25) is 4.57 Å². The molecule has 124 valence electrons. The molecule has 0 amide bonds. The molecule has 7 nitrogen and oxygen atoms in total. The molecule has 1 fully saturated rings. The SMILES string of the molecule is Cc1ccc(CS(=O)(=O)c2n[nH]c(=O)n2C[C@@H]2CCCO2)cc1. The van der Waals surface area contributed by atoms with Gasteiger partial charge >= 0.3 is 5.69 Å². The van der Waals surface area contributed by atoms with Gasteiger partial charge in [0.1, 0.15) is 0 Å². The van der Waals surface area contributed by atoms with Gasteiger partial charge in [-0.05, 0) is 25.3 Å². The van der Waals surface area contributed by atoms with Crippen LogP contribution in [0.5, 0.6) is 0 Å². The number of aromatic amines is 1. The third-order valence-corrected chi connectivity index (χ3v) is 5.47. The highest BCUT2D eigenvalue weighted by Gasteiger charge is 2.26. The van der Waals surface area contributed by atoms with E-state index in [9.17, 15) is 13.2 Å². The minimum atomic E-state index is -3.71. The first-order valence-electron chi connectivity index (χ1n) is 7.51. The van der Waals surface area contributed by atoms with Gasteiger partial charge in [0.05, 0.1) is 18.4 Å². The fourth-order valence-electron chi connectivity index (χ4n) is 2.66. The molecule has 3 rings (SSSR count). The summed E-state index contributed by atoms with van der Waals surface area (Å²) < 4.78 is 31.9. The van der Waals surface area contributed by atoms with Gasteiger partial charge in [-0.2, -0.15) is 0 Å². The standard InChI is InChI=1S/C15H19N3O4S/c1-11-4-6-12(7-5-11)10-23(20,21)15-17-16-14(19)18(15)9-13-3-2-8-22-13/h4-7,13H,2-3,8-10H2,1H3,(H,16,19)/t13-/m0/s1. The summed E-state index contributed by atoms with van der Waals surface area (Å²) in [5.74, 6) is -0.191. The van der Waals surface area contributed by atoms with Crippen LogP contribution in [0.25, 0.3) is 0 Å². The first-order valence-corrected chi connectivity index (χ1v) is 9.16. The highest BCUT2D eigenvalue weighted by Crippen LogP contribution is 2.17. The Morgan fingerprint density at radius 2 is 2.09 bits per heavy atom. The Morgan fingerprint density at radius 1 is 1.35 bits per heavy atom. The molecule has 0 unspecified atom stereocenters. The third kappa shape index (κ3) is 3.53. The van der Waals surface area contributed by atoms with Crippen LogP contribution < -0.4 is 5.69 Å². The number of H-pyrrole nitrogens is 1. The molecule has 1 aliphatic heterocycles. The fraction of sp³-hybridized carbons (Fsp3) is 0.467. The van der Waals surface area contributed by atoms with Crippen molar-refractivity contribution in [1.82, 2.24) is 14.8 Å². The van der Waals surface area contributed by atoms with Gasteiger partial charge in [0.25, 0.3) is 5.16 Å². The molecule has 0 aliphatic carbocycles. The number of nitrogens with zero attached hydrogens (tertiary/aromatic N) is 2. The Morgan fingerprint density at radius 3 is 2.74 bits per heavy atom. The zero-order valence-electron chi connectivity index (χ0n) is 12.9. The fourth-order valence-corrected chi connectivity index (χ4v) is 4.10. The molecular weight excluding hydrogens is 318 g/mol. The summed E-state index contributed by atoms with van der Waals surface area (Å²) in [5, 5.41) is 5.74. The van der Waals surface area contributed by atoms with E-state index in [1.165, 1.54) is 4.57 Å². The molecule has 8 heteroatoms. The van der Waals surface area contributed by atoms with Crippen molar-refractivity contribution in [2.24, 2.45) is 0 Å². The van der Waals surface area contributed by atoms with Crippen molar-refractivity contribution >= 4 is 9.84 Å². The van der Waals surface area contributed by atoms with E-state index in [2.05, 4.69) is 10.2 Å². The van der Waals surface area contributed by atoms with E-state index in [0.717, 1.165) is 18.4 Å². The number of aromatic nitrogens is 3. The lowest BCUT2D eigenvalue weighted by Gasteiger charge is -2.11. The van der Waals surface area contributed by atoms with Crippen LogP contribution in [0, 0.1) is 6.92 Å². The molecule has 2 aromatic rings. The van der Waals surface area contributed by atoms with Gasteiger partial charge < -0.3 is 4.74 Å². The van der Waals surface area contributed by atoms with Crippen LogP contribution in [-0.4, -0.2) is 35.9 Å². The second kappa shape index (κ2) is 6.29. The summed E-state index contributed by atoms with van der Waals surface area (Å²) >= 11 is 0. The van der Waals surface area contributed by atoms with Crippen LogP contribution >= 0.6 is 0 Å². The van der Waals surface area contributed by atoms with E-state index in [0.29, 0.717) is 12.2 Å². The van der Waals surface area contributed by atoms with Crippen molar-refractivity contribution in [3.8, 4) is 0 Å². The van der Waals surface area contributed by atoms with Crippen LogP contribution in [0.2, 0.25) is 0 Å². The minimum absolute atomic E-state index is 0.140. The van der Waals surface area contributed by atoms with Crippen LogP contribution in [0.3, 0.4) is 0 Å². The highest BCUT2D eigenvalue weighted by atomic mass is 32.2. The predicted octanol–water partition coefficient (Wildman–Crippen LogP) is 1.03. The van der Waals surface area contributed by atoms with Gasteiger partial charge in [0, 0.05) is 6.61 Å². The van der Waals surface area contributed by atoms with Crippen LogP contribution in [0.15, 0.2) is 34.2 Å². The molecule has 1 aromatic heterocycles. The lowest BCUT2D eigenvalue weighted by atomic mass is 10.2. The summed E-state index contributed by atoms with van der Waals surface area (Å²) in [7, 11) is -3.71. The van der Waals surface area contributed by atoms with Crippen molar-refractivity contribution in [2.45, 2.75) is 43.3 Å². The molecule has 1 N–H and O–H groups in total. The van der Waals surface area contributed by atoms with Crippen molar-refractivity contribution < 1.29 is 13.2 Å². The molecule has 0 bridgehead atoms. The zero-order valence-corrected chi connectivity index (χ0v) is 13.7. The van der Waals surface area contributed by atoms with Gasteiger partial charge in [-0.1, -0.05) is 29.8 Å². The second-order valence-corrected chi connectivity index (χ2v) is 7.68. The van der Waals surface area contributed by atoms with E-state index >= 15 is 0 Å². The Balaban J connectivity index is 1.87. The smallest absolute Gasteiger partial charge is 0.344 e. The average Bonchev–Trinajstić information content (AvgIpc) is 3.13. The number of rotatable bonds is 5. The summed E-state index contributed by atoms with van der Waals surface area (Å²) in [4.78, 5) is 11.9. The van der Waals surface area contributed by atoms with Crippen LogP contribution in [-0.2, 0) is 26.9 Å². The second-order valence-electron chi connectivity index (χ2n) is 5.80. The molecule has 1 aromatic carbocycles. The quantitative estimate of drug-likeness (QED) is 0.879. The van der Waals surface area contributed by atoms with E-state index < -0.39 is 15.5 Å². The Hall–Kier alpha value is -1.93. The number of benzene rings is 1. The first-order chi connectivity index (χ1) is 11.0. The lowest BCUT2D eigenvalue weighted by Crippen LogP contribution is -2.27. The maximum atomic E-state index is 12.6. The molecule has 0 saturated carbocycles. The first kappa shape index (κ1) is 15.9.